The number of aldehydes is 1. The summed E-state index contributed by atoms with van der Waals surface area (Å²) in [6.45, 7) is 1.46. The third-order valence-electron chi connectivity index (χ3n) is 6.49. The van der Waals surface area contributed by atoms with E-state index in [1.165, 1.54) is 18.4 Å². The molecule has 174 valence electrons. The van der Waals surface area contributed by atoms with E-state index in [0.29, 0.717) is 12.2 Å². The number of thiophene rings is 1. The van der Waals surface area contributed by atoms with Crippen LogP contribution in [0.4, 0.5) is 0 Å². The number of ether oxygens (including phenoxy) is 1. The van der Waals surface area contributed by atoms with E-state index in [1.54, 1.807) is 41.7 Å². The van der Waals surface area contributed by atoms with E-state index in [4.69, 9.17) is 4.74 Å². The lowest BCUT2D eigenvalue weighted by Gasteiger charge is -2.32. The van der Waals surface area contributed by atoms with Crippen LogP contribution >= 0.6 is 11.3 Å². The van der Waals surface area contributed by atoms with Crippen LogP contribution in [0.5, 0.6) is 17.2 Å². The van der Waals surface area contributed by atoms with Crippen molar-refractivity contribution < 1.29 is 19.7 Å². The molecule has 3 N–H and O–H groups in total. The van der Waals surface area contributed by atoms with Crippen molar-refractivity contribution in [3.63, 3.8) is 0 Å². The maximum atomic E-state index is 11.0. The minimum atomic E-state index is 0.0770. The number of aromatic hydroxyl groups is 2. The number of hydrogen-bond donors (Lipinski definition) is 3. The molecule has 2 heterocycles. The molecule has 0 spiro atoms. The molecule has 1 aromatic heterocycles. The highest BCUT2D eigenvalue weighted by atomic mass is 32.1. The Kier molecular flexibility index (Phi) is 6.52. The van der Waals surface area contributed by atoms with Crippen molar-refractivity contribution in [3.05, 3.63) is 77.9 Å². The molecule has 1 aliphatic heterocycles. The zero-order valence-electron chi connectivity index (χ0n) is 18.7. The average Bonchev–Trinajstić information content (AvgIpc) is 3.24. The van der Waals surface area contributed by atoms with Gasteiger partial charge >= 0.3 is 0 Å². The molecular weight excluding hydrogens is 446 g/mol. The van der Waals surface area contributed by atoms with E-state index >= 15 is 0 Å². The predicted molar refractivity (Wildman–Crippen MR) is 136 cm³/mol. The molecule has 4 aromatic rings. The first-order valence-corrected chi connectivity index (χ1v) is 12.4. The Balaban J connectivity index is 1.59. The Morgan fingerprint density at radius 2 is 1.76 bits per heavy atom. The predicted octanol–water partition coefficient (Wildman–Crippen LogP) is 6.10. The highest BCUT2D eigenvalue weighted by Gasteiger charge is 2.31. The van der Waals surface area contributed by atoms with Crippen molar-refractivity contribution in [1.82, 2.24) is 5.32 Å². The van der Waals surface area contributed by atoms with E-state index in [9.17, 15) is 15.0 Å². The van der Waals surface area contributed by atoms with Crippen LogP contribution in [0.25, 0.3) is 20.5 Å². The van der Waals surface area contributed by atoms with Crippen molar-refractivity contribution >= 4 is 27.7 Å². The monoisotopic (exact) mass is 473 g/mol. The fraction of sp³-hybridized carbons (Fsp3) is 0.250. The number of fused-ring (bicyclic) bond motifs is 1. The zero-order valence-corrected chi connectivity index (χ0v) is 19.6. The molecule has 5 nitrogen and oxygen atoms in total. The summed E-state index contributed by atoms with van der Waals surface area (Å²) >= 11 is 1.65. The molecule has 34 heavy (non-hydrogen) atoms. The van der Waals surface area contributed by atoms with Crippen LogP contribution in [-0.2, 0) is 0 Å². The summed E-state index contributed by atoms with van der Waals surface area (Å²) in [5, 5.41) is 24.8. The molecule has 0 aliphatic carbocycles. The van der Waals surface area contributed by atoms with Crippen molar-refractivity contribution in [2.75, 3.05) is 13.2 Å². The second kappa shape index (κ2) is 9.87. The first-order chi connectivity index (χ1) is 16.6. The SMILES string of the molecule is O=Cc1ccc(OCC(c2c(-c3ccc(O)cc3)sc3cc(O)ccc23)C2CCCCN2)cc1. The molecule has 0 radical (unpaired) electrons. The molecule has 6 heteroatoms. The van der Waals surface area contributed by atoms with Crippen LogP contribution in [0.2, 0.25) is 0 Å². The number of hydrogen-bond acceptors (Lipinski definition) is 6. The van der Waals surface area contributed by atoms with Gasteiger partial charge in [-0.2, -0.15) is 0 Å². The van der Waals surface area contributed by atoms with Gasteiger partial charge in [-0.05, 0) is 103 Å². The molecular formula is C28H27NO4S. The minimum Gasteiger partial charge on any atom is -0.508 e. The van der Waals surface area contributed by atoms with E-state index in [2.05, 4.69) is 5.32 Å². The normalized spacial score (nSPS) is 16.9. The summed E-state index contributed by atoms with van der Waals surface area (Å²) < 4.78 is 7.31. The van der Waals surface area contributed by atoms with Gasteiger partial charge in [0.05, 0.1) is 6.61 Å². The molecule has 0 amide bonds. The van der Waals surface area contributed by atoms with Crippen molar-refractivity contribution in [2.45, 2.75) is 31.2 Å². The summed E-state index contributed by atoms with van der Waals surface area (Å²) in [6.07, 6.45) is 4.22. The van der Waals surface area contributed by atoms with Gasteiger partial charge in [0.15, 0.2) is 0 Å². The Bertz CT molecular complexity index is 1270. The Hall–Kier alpha value is -3.35. The lowest BCUT2D eigenvalue weighted by atomic mass is 9.84. The number of piperidine rings is 1. The molecule has 2 unspecified atom stereocenters. The fourth-order valence-electron chi connectivity index (χ4n) is 4.75. The van der Waals surface area contributed by atoms with Gasteiger partial charge in [-0.15, -0.1) is 11.3 Å². The van der Waals surface area contributed by atoms with Crippen LogP contribution in [0.3, 0.4) is 0 Å². The highest BCUT2D eigenvalue weighted by Crippen LogP contribution is 2.45. The second-order valence-corrected chi connectivity index (χ2v) is 9.79. The number of carbonyl (C=O) groups excluding carboxylic acids is 1. The van der Waals surface area contributed by atoms with Gasteiger partial charge in [0, 0.05) is 27.1 Å². The Morgan fingerprint density at radius 3 is 2.47 bits per heavy atom. The average molecular weight is 474 g/mol. The molecule has 1 saturated heterocycles. The zero-order chi connectivity index (χ0) is 23.5. The quantitative estimate of drug-likeness (QED) is 0.283. The largest absolute Gasteiger partial charge is 0.508 e. The lowest BCUT2D eigenvalue weighted by molar-refractivity contribution is 0.112. The molecule has 0 bridgehead atoms. The molecule has 1 fully saturated rings. The standard InChI is InChI=1S/C28H27NO4S/c30-16-18-4-11-22(12-5-18)33-17-24(25-3-1-2-14-29-25)27-23-13-10-21(32)15-26(23)34-28(27)19-6-8-20(31)9-7-19/h4-13,15-16,24-25,29,31-32H,1-3,14,17H2. The van der Waals surface area contributed by atoms with Crippen molar-refractivity contribution in [1.29, 1.82) is 0 Å². The first-order valence-electron chi connectivity index (χ1n) is 11.6. The van der Waals surface area contributed by atoms with Crippen LogP contribution in [0, 0.1) is 0 Å². The number of nitrogens with one attached hydrogen (secondary N) is 1. The van der Waals surface area contributed by atoms with Gasteiger partial charge in [-0.1, -0.05) is 6.42 Å². The highest BCUT2D eigenvalue weighted by molar-refractivity contribution is 7.22. The summed E-state index contributed by atoms with van der Waals surface area (Å²) in [5.41, 5.74) is 2.86. The number of carbonyl (C=O) groups is 1. The summed E-state index contributed by atoms with van der Waals surface area (Å²) in [7, 11) is 0. The number of phenols is 2. The van der Waals surface area contributed by atoms with Crippen molar-refractivity contribution in [2.24, 2.45) is 0 Å². The first kappa shape index (κ1) is 22.4. The molecule has 1 aliphatic rings. The fourth-order valence-corrected chi connectivity index (χ4v) is 6.06. The topological polar surface area (TPSA) is 78.8 Å². The van der Waals surface area contributed by atoms with E-state index in [0.717, 1.165) is 45.5 Å². The summed E-state index contributed by atoms with van der Waals surface area (Å²) in [4.78, 5) is 12.1. The van der Waals surface area contributed by atoms with Gasteiger partial charge < -0.3 is 20.3 Å². The van der Waals surface area contributed by atoms with E-state index in [-0.39, 0.29) is 23.5 Å². The van der Waals surface area contributed by atoms with Gasteiger partial charge in [-0.3, -0.25) is 4.79 Å². The third kappa shape index (κ3) is 4.65. The maximum Gasteiger partial charge on any atom is 0.150 e. The second-order valence-electron chi connectivity index (χ2n) is 8.73. The van der Waals surface area contributed by atoms with Crippen LogP contribution in [0.15, 0.2) is 66.7 Å². The van der Waals surface area contributed by atoms with E-state index in [1.807, 2.05) is 36.4 Å². The smallest absolute Gasteiger partial charge is 0.150 e. The van der Waals surface area contributed by atoms with Gasteiger partial charge in [0.2, 0.25) is 0 Å². The third-order valence-corrected chi connectivity index (χ3v) is 7.71. The van der Waals surface area contributed by atoms with Crippen molar-refractivity contribution in [3.8, 4) is 27.7 Å². The van der Waals surface area contributed by atoms with Gasteiger partial charge in [-0.25, -0.2) is 0 Å². The van der Waals surface area contributed by atoms with Gasteiger partial charge in [0.25, 0.3) is 0 Å². The lowest BCUT2D eigenvalue weighted by Crippen LogP contribution is -2.41. The molecule has 5 rings (SSSR count). The summed E-state index contributed by atoms with van der Waals surface area (Å²) in [5.74, 6) is 1.29. The van der Waals surface area contributed by atoms with Crippen LogP contribution in [-0.4, -0.2) is 35.7 Å². The Morgan fingerprint density at radius 1 is 1.00 bits per heavy atom. The molecule has 3 aromatic carbocycles. The minimum absolute atomic E-state index is 0.0770. The maximum absolute atomic E-state index is 11.0. The number of rotatable bonds is 7. The molecule has 0 saturated carbocycles. The molecule has 2 atom stereocenters. The van der Waals surface area contributed by atoms with E-state index < -0.39 is 0 Å². The van der Waals surface area contributed by atoms with Gasteiger partial charge in [0.1, 0.15) is 23.5 Å². The number of benzene rings is 3. The summed E-state index contributed by atoms with van der Waals surface area (Å²) in [6, 6.07) is 20.3. The Labute approximate surface area is 202 Å². The number of phenolic OH excluding ortho intramolecular Hbond substituents is 2. The van der Waals surface area contributed by atoms with Crippen LogP contribution < -0.4 is 10.1 Å². The van der Waals surface area contributed by atoms with Crippen LogP contribution in [0.1, 0.15) is 41.1 Å².